The number of aliphatic hydroxyl groups is 2. The molecule has 4 nitrogen and oxygen atoms in total. The highest BCUT2D eigenvalue weighted by Crippen LogP contribution is 2.14. The van der Waals surface area contributed by atoms with Gasteiger partial charge in [0.1, 0.15) is 10.9 Å². The fourth-order valence-corrected chi connectivity index (χ4v) is 1.55. The SMILES string of the molecule is C=C[C@H](N[S@@+]([O-])C(C)(C)C)[C@H](O)CO. The molecule has 0 amide bonds. The predicted molar refractivity (Wildman–Crippen MR) is 58.1 cm³/mol. The van der Waals surface area contributed by atoms with Gasteiger partial charge in [0.2, 0.25) is 0 Å². The lowest BCUT2D eigenvalue weighted by molar-refractivity contribution is 0.0815. The molecular formula is C9H19NO3S. The summed E-state index contributed by atoms with van der Waals surface area (Å²) < 4.78 is 13.9. The predicted octanol–water partition coefficient (Wildman–Crippen LogP) is -0.0540. The largest absolute Gasteiger partial charge is 0.598 e. The third kappa shape index (κ3) is 4.43. The number of hydrogen-bond donors (Lipinski definition) is 3. The van der Waals surface area contributed by atoms with Crippen LogP contribution < -0.4 is 4.72 Å². The molecule has 3 atom stereocenters. The van der Waals surface area contributed by atoms with Crippen LogP contribution >= 0.6 is 0 Å². The van der Waals surface area contributed by atoms with E-state index in [0.717, 1.165) is 0 Å². The third-order valence-electron chi connectivity index (χ3n) is 1.65. The molecule has 0 radical (unpaired) electrons. The highest BCUT2D eigenvalue weighted by atomic mass is 32.2. The molecule has 0 aliphatic rings. The van der Waals surface area contributed by atoms with Gasteiger partial charge in [-0.05, 0) is 20.8 Å². The van der Waals surface area contributed by atoms with E-state index in [1.807, 2.05) is 20.8 Å². The number of rotatable bonds is 5. The Morgan fingerprint density at radius 2 is 2.07 bits per heavy atom. The Kier molecular flexibility index (Phi) is 5.70. The van der Waals surface area contributed by atoms with E-state index in [-0.39, 0.29) is 6.61 Å². The third-order valence-corrected chi connectivity index (χ3v) is 3.25. The first-order valence-corrected chi connectivity index (χ1v) is 5.57. The van der Waals surface area contributed by atoms with E-state index >= 15 is 0 Å². The fraction of sp³-hybridized carbons (Fsp3) is 0.778. The Morgan fingerprint density at radius 1 is 1.57 bits per heavy atom. The van der Waals surface area contributed by atoms with Gasteiger partial charge in [-0.15, -0.1) is 11.3 Å². The molecule has 84 valence electrons. The first-order valence-electron chi connectivity index (χ1n) is 4.42. The van der Waals surface area contributed by atoms with Crippen LogP contribution in [0.5, 0.6) is 0 Å². The zero-order chi connectivity index (χ0) is 11.4. The minimum atomic E-state index is -1.28. The van der Waals surface area contributed by atoms with E-state index < -0.39 is 28.3 Å². The summed E-state index contributed by atoms with van der Waals surface area (Å²) in [5, 5.41) is 18.0. The quantitative estimate of drug-likeness (QED) is 0.449. The molecule has 0 saturated carbocycles. The summed E-state index contributed by atoms with van der Waals surface area (Å²) in [7, 11) is 0. The highest BCUT2D eigenvalue weighted by molar-refractivity contribution is 7.90. The van der Waals surface area contributed by atoms with Gasteiger partial charge in [-0.1, -0.05) is 6.08 Å². The Balaban J connectivity index is 4.25. The molecule has 3 N–H and O–H groups in total. The molecule has 0 heterocycles. The molecule has 0 aromatic heterocycles. The van der Waals surface area contributed by atoms with E-state index in [1.165, 1.54) is 6.08 Å². The van der Waals surface area contributed by atoms with Gasteiger partial charge < -0.3 is 14.8 Å². The van der Waals surface area contributed by atoms with Gasteiger partial charge in [0.25, 0.3) is 0 Å². The van der Waals surface area contributed by atoms with Gasteiger partial charge in [0.15, 0.2) is 0 Å². The normalized spacial score (nSPS) is 18.7. The second-order valence-corrected chi connectivity index (χ2v) is 6.01. The summed E-state index contributed by atoms with van der Waals surface area (Å²) in [4.78, 5) is 0. The lowest BCUT2D eigenvalue weighted by Crippen LogP contribution is -2.49. The lowest BCUT2D eigenvalue weighted by Gasteiger charge is -2.28. The standard InChI is InChI=1S/C9H19NO3S/c1-5-7(8(12)6-11)10-14(13)9(2,3)4/h5,7-8,10-12H,1,6H2,2-4H3/t7-,8+,14-/m0/s1. The summed E-state index contributed by atoms with van der Waals surface area (Å²) in [6, 6.07) is -0.556. The van der Waals surface area contributed by atoms with Crippen molar-refractivity contribution in [1.29, 1.82) is 0 Å². The van der Waals surface area contributed by atoms with Crippen molar-refractivity contribution in [3.63, 3.8) is 0 Å². The number of hydrogen-bond acceptors (Lipinski definition) is 4. The second-order valence-electron chi connectivity index (χ2n) is 4.01. The highest BCUT2D eigenvalue weighted by Gasteiger charge is 2.30. The molecule has 0 aromatic rings. The van der Waals surface area contributed by atoms with Crippen LogP contribution in [0.25, 0.3) is 0 Å². The van der Waals surface area contributed by atoms with Gasteiger partial charge in [0.05, 0.1) is 12.6 Å². The summed E-state index contributed by atoms with van der Waals surface area (Å²) >= 11 is -1.28. The Labute approximate surface area is 88.3 Å². The van der Waals surface area contributed by atoms with Crippen molar-refractivity contribution in [3.8, 4) is 0 Å². The van der Waals surface area contributed by atoms with Crippen LogP contribution in [0.1, 0.15) is 20.8 Å². The zero-order valence-corrected chi connectivity index (χ0v) is 9.67. The van der Waals surface area contributed by atoms with Crippen LogP contribution in [0.15, 0.2) is 12.7 Å². The van der Waals surface area contributed by atoms with Crippen molar-refractivity contribution in [2.24, 2.45) is 0 Å². The van der Waals surface area contributed by atoms with E-state index in [9.17, 15) is 9.66 Å². The Morgan fingerprint density at radius 3 is 2.36 bits per heavy atom. The molecule has 0 rings (SSSR count). The second kappa shape index (κ2) is 5.72. The van der Waals surface area contributed by atoms with Crippen molar-refractivity contribution in [2.75, 3.05) is 6.61 Å². The first-order chi connectivity index (χ1) is 6.32. The van der Waals surface area contributed by atoms with Crippen LogP contribution in [-0.4, -0.2) is 38.3 Å². The summed E-state index contributed by atoms with van der Waals surface area (Å²) in [6.07, 6.45) is 0.462. The van der Waals surface area contributed by atoms with Crippen LogP contribution in [0.3, 0.4) is 0 Å². The monoisotopic (exact) mass is 221 g/mol. The maximum atomic E-state index is 11.6. The molecular weight excluding hydrogens is 202 g/mol. The van der Waals surface area contributed by atoms with Gasteiger partial charge in [-0.2, -0.15) is 0 Å². The maximum Gasteiger partial charge on any atom is 0.136 e. The van der Waals surface area contributed by atoms with Gasteiger partial charge in [-0.25, -0.2) is 0 Å². The first kappa shape index (κ1) is 13.9. The van der Waals surface area contributed by atoms with Gasteiger partial charge in [0, 0.05) is 11.4 Å². The van der Waals surface area contributed by atoms with E-state index in [2.05, 4.69) is 11.3 Å². The van der Waals surface area contributed by atoms with E-state index in [4.69, 9.17) is 5.11 Å². The van der Waals surface area contributed by atoms with Crippen LogP contribution in [0, 0.1) is 0 Å². The number of nitrogens with one attached hydrogen (secondary N) is 1. The van der Waals surface area contributed by atoms with Crippen molar-refractivity contribution in [1.82, 2.24) is 4.72 Å². The van der Waals surface area contributed by atoms with Crippen LogP contribution in [0.4, 0.5) is 0 Å². The average molecular weight is 221 g/mol. The fourth-order valence-electron chi connectivity index (χ4n) is 0.698. The summed E-state index contributed by atoms with van der Waals surface area (Å²) in [5.41, 5.74) is 0. The minimum Gasteiger partial charge on any atom is -0.598 e. The molecule has 0 saturated heterocycles. The number of aliphatic hydroxyl groups excluding tert-OH is 2. The van der Waals surface area contributed by atoms with Crippen LogP contribution in [-0.2, 0) is 11.4 Å². The smallest absolute Gasteiger partial charge is 0.136 e. The summed E-state index contributed by atoms with van der Waals surface area (Å²) in [6.45, 7) is 8.58. The summed E-state index contributed by atoms with van der Waals surface area (Å²) in [5.74, 6) is 0. The zero-order valence-electron chi connectivity index (χ0n) is 8.86. The van der Waals surface area contributed by atoms with E-state index in [1.54, 1.807) is 0 Å². The molecule has 0 bridgehead atoms. The van der Waals surface area contributed by atoms with E-state index in [0.29, 0.717) is 0 Å². The molecule has 0 unspecified atom stereocenters. The average Bonchev–Trinajstić information content (AvgIpc) is 2.10. The molecule has 0 aliphatic heterocycles. The molecule has 0 fully saturated rings. The molecule has 5 heteroatoms. The molecule has 0 aliphatic carbocycles. The molecule has 14 heavy (non-hydrogen) atoms. The van der Waals surface area contributed by atoms with Crippen LogP contribution in [0.2, 0.25) is 0 Å². The van der Waals surface area contributed by atoms with Crippen molar-refractivity contribution in [2.45, 2.75) is 37.7 Å². The van der Waals surface area contributed by atoms with Crippen molar-refractivity contribution < 1.29 is 14.8 Å². The van der Waals surface area contributed by atoms with Crippen molar-refractivity contribution >= 4 is 11.4 Å². The van der Waals surface area contributed by atoms with Crippen molar-refractivity contribution in [3.05, 3.63) is 12.7 Å². The lowest BCUT2D eigenvalue weighted by atomic mass is 10.2. The van der Waals surface area contributed by atoms with Gasteiger partial charge in [-0.3, -0.25) is 0 Å². The minimum absolute atomic E-state index is 0.384. The maximum absolute atomic E-state index is 11.6. The van der Waals surface area contributed by atoms with Gasteiger partial charge >= 0.3 is 0 Å². The Bertz CT molecular complexity index is 181. The topological polar surface area (TPSA) is 75.5 Å². The Hall–Kier alpha value is -0.0700. The molecule has 0 aromatic carbocycles. The molecule has 0 spiro atoms.